The average molecular weight is 294 g/mol. The van der Waals surface area contributed by atoms with E-state index in [2.05, 4.69) is 0 Å². The quantitative estimate of drug-likeness (QED) is 0.931. The molecule has 1 atom stereocenters. The van der Waals surface area contributed by atoms with E-state index in [0.29, 0.717) is 23.6 Å². The Labute approximate surface area is 116 Å². The maximum absolute atomic E-state index is 13.6. The van der Waals surface area contributed by atoms with Gasteiger partial charge in [0.2, 0.25) is 0 Å². The van der Waals surface area contributed by atoms with Crippen molar-refractivity contribution in [1.82, 2.24) is 4.90 Å². The van der Waals surface area contributed by atoms with Gasteiger partial charge in [0.15, 0.2) is 0 Å². The third-order valence-electron chi connectivity index (χ3n) is 3.07. The van der Waals surface area contributed by atoms with Crippen LogP contribution in [-0.4, -0.2) is 28.6 Å². The molecule has 1 fully saturated rings. The van der Waals surface area contributed by atoms with Crippen LogP contribution in [0.1, 0.15) is 18.4 Å². The van der Waals surface area contributed by atoms with Crippen molar-refractivity contribution >= 4 is 30.0 Å². The molecule has 1 heterocycles. The largest absolute Gasteiger partial charge is 0.480 e. The van der Waals surface area contributed by atoms with Gasteiger partial charge in [0.25, 0.3) is 0 Å². The number of aliphatic carboxylic acids is 1. The number of hydrogen-bond acceptors (Lipinski definition) is 2. The molecule has 1 saturated heterocycles. The Morgan fingerprint density at radius 2 is 2.28 bits per heavy atom. The summed E-state index contributed by atoms with van der Waals surface area (Å²) in [5.41, 5.74) is 0.377. The zero-order chi connectivity index (χ0) is 12.4. The van der Waals surface area contributed by atoms with Gasteiger partial charge in [-0.25, -0.2) is 4.39 Å². The Morgan fingerprint density at radius 1 is 1.56 bits per heavy atom. The normalized spacial score (nSPS) is 19.6. The van der Waals surface area contributed by atoms with Crippen LogP contribution < -0.4 is 0 Å². The van der Waals surface area contributed by atoms with E-state index in [-0.39, 0.29) is 24.8 Å². The number of carboxylic acids is 1. The molecule has 1 unspecified atom stereocenters. The lowest BCUT2D eigenvalue weighted by molar-refractivity contribution is -0.142. The van der Waals surface area contributed by atoms with Gasteiger partial charge in [-0.05, 0) is 31.5 Å². The summed E-state index contributed by atoms with van der Waals surface area (Å²) in [4.78, 5) is 12.8. The second kappa shape index (κ2) is 6.36. The van der Waals surface area contributed by atoms with Crippen LogP contribution in [0.5, 0.6) is 0 Å². The molecule has 0 spiro atoms. The molecule has 0 aliphatic carbocycles. The predicted molar refractivity (Wildman–Crippen MR) is 69.7 cm³/mol. The molecule has 6 heteroatoms. The molecule has 100 valence electrons. The van der Waals surface area contributed by atoms with Gasteiger partial charge in [0.05, 0.1) is 0 Å². The maximum Gasteiger partial charge on any atom is 0.320 e. The molecule has 0 amide bonds. The van der Waals surface area contributed by atoms with Gasteiger partial charge in [-0.1, -0.05) is 17.7 Å². The molecule has 1 aliphatic heterocycles. The fraction of sp³-hybridized carbons (Fsp3) is 0.417. The van der Waals surface area contributed by atoms with Crippen LogP contribution in [0.4, 0.5) is 4.39 Å². The maximum atomic E-state index is 13.6. The highest BCUT2D eigenvalue weighted by atomic mass is 35.5. The zero-order valence-electron chi connectivity index (χ0n) is 9.60. The molecule has 0 radical (unpaired) electrons. The van der Waals surface area contributed by atoms with E-state index in [1.807, 2.05) is 0 Å². The zero-order valence-corrected chi connectivity index (χ0v) is 11.2. The Bertz CT molecular complexity index is 422. The number of likely N-dealkylation sites (tertiary alicyclic amines) is 1. The Hall–Kier alpha value is -0.840. The van der Waals surface area contributed by atoms with Gasteiger partial charge in [-0.2, -0.15) is 0 Å². The molecule has 1 aliphatic rings. The van der Waals surface area contributed by atoms with Crippen molar-refractivity contribution in [3.05, 3.63) is 34.6 Å². The van der Waals surface area contributed by atoms with Gasteiger partial charge in [0, 0.05) is 17.1 Å². The summed E-state index contributed by atoms with van der Waals surface area (Å²) >= 11 is 5.92. The molecule has 3 nitrogen and oxygen atoms in total. The molecule has 1 N–H and O–H groups in total. The number of nitrogens with zero attached hydrogens (tertiary/aromatic N) is 1. The summed E-state index contributed by atoms with van der Waals surface area (Å²) in [5, 5.41) is 9.38. The SMILES string of the molecule is Cl.O=C(O)C1CCCN1Cc1c(F)cccc1Cl. The molecular formula is C12H14Cl2FNO2. The first-order valence-electron chi connectivity index (χ1n) is 5.49. The van der Waals surface area contributed by atoms with Gasteiger partial charge in [-0.15, -0.1) is 12.4 Å². The lowest BCUT2D eigenvalue weighted by Gasteiger charge is -2.21. The van der Waals surface area contributed by atoms with Crippen LogP contribution in [0, 0.1) is 5.82 Å². The highest BCUT2D eigenvalue weighted by molar-refractivity contribution is 6.31. The number of carbonyl (C=O) groups is 1. The van der Waals surface area contributed by atoms with Crippen molar-refractivity contribution in [3.8, 4) is 0 Å². The van der Waals surface area contributed by atoms with E-state index < -0.39 is 12.0 Å². The number of carboxylic acid groups (broad SMARTS) is 1. The fourth-order valence-corrected chi connectivity index (χ4v) is 2.40. The van der Waals surface area contributed by atoms with Crippen LogP contribution >= 0.6 is 24.0 Å². The van der Waals surface area contributed by atoms with Crippen LogP contribution in [0.25, 0.3) is 0 Å². The van der Waals surface area contributed by atoms with Crippen molar-refractivity contribution in [3.63, 3.8) is 0 Å². The smallest absolute Gasteiger partial charge is 0.320 e. The minimum atomic E-state index is -0.852. The van der Waals surface area contributed by atoms with Crippen molar-refractivity contribution in [2.75, 3.05) is 6.54 Å². The molecular weight excluding hydrogens is 280 g/mol. The summed E-state index contributed by atoms with van der Waals surface area (Å²) in [7, 11) is 0. The van der Waals surface area contributed by atoms with E-state index in [9.17, 15) is 9.18 Å². The molecule has 0 saturated carbocycles. The van der Waals surface area contributed by atoms with Gasteiger partial charge >= 0.3 is 5.97 Å². The third kappa shape index (κ3) is 3.13. The predicted octanol–water partition coefficient (Wildman–Crippen LogP) is 2.95. The molecule has 1 aromatic rings. The number of halogens is 3. The van der Waals surface area contributed by atoms with E-state index in [1.165, 1.54) is 6.07 Å². The standard InChI is InChI=1S/C12H13ClFNO2.ClH/c13-9-3-1-4-10(14)8(9)7-15-6-2-5-11(15)12(16)17;/h1,3-4,11H,2,5-7H2,(H,16,17);1H. The lowest BCUT2D eigenvalue weighted by Crippen LogP contribution is -2.35. The van der Waals surface area contributed by atoms with Crippen LogP contribution in [0.2, 0.25) is 5.02 Å². The number of hydrogen-bond donors (Lipinski definition) is 1. The van der Waals surface area contributed by atoms with Gasteiger partial charge < -0.3 is 5.11 Å². The number of benzene rings is 1. The highest BCUT2D eigenvalue weighted by Crippen LogP contribution is 2.25. The fourth-order valence-electron chi connectivity index (χ4n) is 2.18. The second-order valence-electron chi connectivity index (χ2n) is 4.17. The second-order valence-corrected chi connectivity index (χ2v) is 4.57. The van der Waals surface area contributed by atoms with E-state index in [1.54, 1.807) is 17.0 Å². The minimum Gasteiger partial charge on any atom is -0.480 e. The Kier molecular flexibility index (Phi) is 5.38. The molecule has 0 aromatic heterocycles. The summed E-state index contributed by atoms with van der Waals surface area (Å²) in [5.74, 6) is -1.23. The monoisotopic (exact) mass is 293 g/mol. The van der Waals surface area contributed by atoms with Crippen molar-refractivity contribution in [2.45, 2.75) is 25.4 Å². The van der Waals surface area contributed by atoms with Crippen molar-refractivity contribution in [1.29, 1.82) is 0 Å². The van der Waals surface area contributed by atoms with Crippen LogP contribution in [0.15, 0.2) is 18.2 Å². The average Bonchev–Trinajstić information content (AvgIpc) is 2.72. The molecule has 0 bridgehead atoms. The first kappa shape index (κ1) is 15.2. The first-order valence-corrected chi connectivity index (χ1v) is 5.87. The Balaban J connectivity index is 0.00000162. The van der Waals surface area contributed by atoms with E-state index in [4.69, 9.17) is 16.7 Å². The molecule has 1 aromatic carbocycles. The highest BCUT2D eigenvalue weighted by Gasteiger charge is 2.31. The van der Waals surface area contributed by atoms with Crippen molar-refractivity contribution in [2.24, 2.45) is 0 Å². The molecule has 2 rings (SSSR count). The topological polar surface area (TPSA) is 40.5 Å². The lowest BCUT2D eigenvalue weighted by atomic mass is 10.1. The minimum absolute atomic E-state index is 0. The first-order chi connectivity index (χ1) is 8.09. The van der Waals surface area contributed by atoms with E-state index in [0.717, 1.165) is 6.42 Å². The summed E-state index contributed by atoms with van der Waals surface area (Å²) in [6, 6.07) is 3.98. The van der Waals surface area contributed by atoms with Crippen LogP contribution in [-0.2, 0) is 11.3 Å². The summed E-state index contributed by atoms with van der Waals surface area (Å²) < 4.78 is 13.6. The number of rotatable bonds is 3. The molecule has 18 heavy (non-hydrogen) atoms. The summed E-state index contributed by atoms with van der Waals surface area (Å²) in [6.07, 6.45) is 1.43. The summed E-state index contributed by atoms with van der Waals surface area (Å²) in [6.45, 7) is 0.921. The third-order valence-corrected chi connectivity index (χ3v) is 3.43. The van der Waals surface area contributed by atoms with Gasteiger partial charge in [0.1, 0.15) is 11.9 Å². The van der Waals surface area contributed by atoms with Gasteiger partial charge in [-0.3, -0.25) is 9.69 Å². The van der Waals surface area contributed by atoms with Crippen molar-refractivity contribution < 1.29 is 14.3 Å². The van der Waals surface area contributed by atoms with E-state index >= 15 is 0 Å². The van der Waals surface area contributed by atoms with Crippen LogP contribution in [0.3, 0.4) is 0 Å². The Morgan fingerprint density at radius 3 is 2.89 bits per heavy atom.